The fourth-order valence-electron chi connectivity index (χ4n) is 3.99. The molecule has 15 atom stereocenters. The summed E-state index contributed by atoms with van der Waals surface area (Å²) in [5.74, 6) is 0. The zero-order chi connectivity index (χ0) is 24.6. The van der Waals surface area contributed by atoms with Crippen LogP contribution in [0.3, 0.4) is 0 Å². The number of ether oxygens (including phenoxy) is 5. The van der Waals surface area contributed by atoms with Crippen LogP contribution in [-0.4, -0.2) is 156 Å². The van der Waals surface area contributed by atoms with E-state index in [2.05, 4.69) is 0 Å². The molecule has 0 radical (unpaired) electrons. The molecule has 3 fully saturated rings. The van der Waals surface area contributed by atoms with Crippen LogP contribution in [0.15, 0.2) is 0 Å². The highest BCUT2D eigenvalue weighted by atomic mass is 16.8. The Hall–Kier alpha value is -0.600. The number of aliphatic hydroxyl groups excluding tert-OH is 10. The molecule has 0 spiro atoms. The summed E-state index contributed by atoms with van der Waals surface area (Å²) in [6, 6.07) is 0. The molecule has 0 saturated carbocycles. The van der Waals surface area contributed by atoms with Crippen molar-refractivity contribution in [1.82, 2.24) is 0 Å². The minimum absolute atomic E-state index is 0.739. The normalized spacial score (nSPS) is 53.7. The lowest BCUT2D eigenvalue weighted by Crippen LogP contribution is -2.66. The second-order valence-electron chi connectivity index (χ2n) is 8.32. The van der Waals surface area contributed by atoms with E-state index in [-0.39, 0.29) is 0 Å². The van der Waals surface area contributed by atoms with Gasteiger partial charge in [-0.25, -0.2) is 0 Å². The van der Waals surface area contributed by atoms with Gasteiger partial charge in [0, 0.05) is 0 Å². The highest BCUT2D eigenvalue weighted by Gasteiger charge is 2.53. The van der Waals surface area contributed by atoms with Crippen molar-refractivity contribution in [2.75, 3.05) is 13.2 Å². The number of aliphatic hydroxyl groups is 10. The smallest absolute Gasteiger partial charge is 0.187 e. The Labute approximate surface area is 187 Å². The maximum Gasteiger partial charge on any atom is 0.187 e. The summed E-state index contributed by atoms with van der Waals surface area (Å²) in [6.07, 6.45) is -24.0. The van der Waals surface area contributed by atoms with Gasteiger partial charge >= 0.3 is 0 Å². The number of rotatable bonds is 6. The largest absolute Gasteiger partial charge is 0.394 e. The van der Waals surface area contributed by atoms with E-state index in [0.717, 1.165) is 0 Å². The van der Waals surface area contributed by atoms with Gasteiger partial charge in [-0.15, -0.1) is 0 Å². The highest BCUT2D eigenvalue weighted by molar-refractivity contribution is 4.96. The summed E-state index contributed by atoms with van der Waals surface area (Å²) in [6.45, 7) is -0.127. The molecule has 15 nitrogen and oxygen atoms in total. The molecule has 0 amide bonds. The van der Waals surface area contributed by atoms with Gasteiger partial charge in [0.2, 0.25) is 0 Å². The molecule has 0 unspecified atom stereocenters. The molecule has 0 aliphatic carbocycles. The van der Waals surface area contributed by atoms with E-state index >= 15 is 0 Å². The van der Waals surface area contributed by atoms with Crippen molar-refractivity contribution in [1.29, 1.82) is 0 Å². The maximum atomic E-state index is 10.5. The Morgan fingerprint density at radius 2 is 1.06 bits per heavy atom. The summed E-state index contributed by atoms with van der Waals surface area (Å²) in [4.78, 5) is 0. The first-order valence-electron chi connectivity index (χ1n) is 10.4. The van der Waals surface area contributed by atoms with Crippen LogP contribution in [0.2, 0.25) is 0 Å². The quantitative estimate of drug-likeness (QED) is 0.167. The Morgan fingerprint density at radius 3 is 1.64 bits per heavy atom. The molecule has 3 saturated heterocycles. The standard InChI is InChI=1S/C18H32O15/c1-4-7(21)9(23)11(25)17(29-4)33-15-13(27)16(28)30-6(3-20)14(15)32-18-12(26)10(24)8(22)5(2-19)31-18/h4-28H,2-3H2,1H3/t4-,5+,6+,7-,8-,9+,10-,11+,12+,13+,14+,15+,16+,17-,18-/m0/s1. The molecule has 33 heavy (non-hydrogen) atoms. The van der Waals surface area contributed by atoms with Crippen LogP contribution in [0.4, 0.5) is 0 Å². The van der Waals surface area contributed by atoms with Gasteiger partial charge in [-0.05, 0) is 6.92 Å². The van der Waals surface area contributed by atoms with Crippen LogP contribution >= 0.6 is 0 Å². The molecule has 0 aromatic heterocycles. The molecule has 10 N–H and O–H groups in total. The van der Waals surface area contributed by atoms with Crippen molar-refractivity contribution in [3.8, 4) is 0 Å². The van der Waals surface area contributed by atoms with Gasteiger partial charge in [0.1, 0.15) is 67.1 Å². The summed E-state index contributed by atoms with van der Waals surface area (Å²) < 4.78 is 26.9. The molecular weight excluding hydrogens is 456 g/mol. The third-order valence-electron chi connectivity index (χ3n) is 6.05. The van der Waals surface area contributed by atoms with E-state index in [1.165, 1.54) is 6.92 Å². The molecule has 3 aliphatic heterocycles. The molecule has 3 aliphatic rings. The van der Waals surface area contributed by atoms with Crippen molar-refractivity contribution in [2.45, 2.75) is 99.0 Å². The average molecular weight is 488 g/mol. The first-order valence-corrected chi connectivity index (χ1v) is 10.4. The van der Waals surface area contributed by atoms with Crippen molar-refractivity contribution < 1.29 is 74.7 Å². The van der Waals surface area contributed by atoms with Gasteiger partial charge in [-0.2, -0.15) is 0 Å². The summed E-state index contributed by atoms with van der Waals surface area (Å²) in [5, 5.41) is 99.8. The third kappa shape index (κ3) is 5.32. The fraction of sp³-hybridized carbons (Fsp3) is 1.00. The average Bonchev–Trinajstić information content (AvgIpc) is 2.80. The predicted octanol–water partition coefficient (Wildman–Crippen LogP) is -6.55. The monoisotopic (exact) mass is 488 g/mol. The molecule has 194 valence electrons. The Balaban J connectivity index is 1.83. The van der Waals surface area contributed by atoms with E-state index in [1.807, 2.05) is 0 Å². The van der Waals surface area contributed by atoms with Crippen LogP contribution < -0.4 is 0 Å². The topological polar surface area (TPSA) is 248 Å². The number of hydrogen-bond donors (Lipinski definition) is 10. The van der Waals surface area contributed by atoms with Crippen LogP contribution in [0.1, 0.15) is 6.92 Å². The second-order valence-corrected chi connectivity index (χ2v) is 8.32. The van der Waals surface area contributed by atoms with E-state index in [9.17, 15) is 51.1 Å². The van der Waals surface area contributed by atoms with Crippen molar-refractivity contribution in [2.24, 2.45) is 0 Å². The minimum Gasteiger partial charge on any atom is -0.394 e. The Kier molecular flexibility index (Phi) is 8.99. The summed E-state index contributed by atoms with van der Waals surface area (Å²) >= 11 is 0. The minimum atomic E-state index is -1.88. The van der Waals surface area contributed by atoms with Gasteiger partial charge in [-0.1, -0.05) is 0 Å². The van der Waals surface area contributed by atoms with Gasteiger partial charge in [-0.3, -0.25) is 0 Å². The lowest BCUT2D eigenvalue weighted by atomic mass is 9.96. The fourth-order valence-corrected chi connectivity index (χ4v) is 3.99. The molecular formula is C18H32O15. The second kappa shape index (κ2) is 11.0. The predicted molar refractivity (Wildman–Crippen MR) is 99.8 cm³/mol. The van der Waals surface area contributed by atoms with Crippen LogP contribution in [0, 0.1) is 0 Å². The summed E-state index contributed by atoms with van der Waals surface area (Å²) in [5.41, 5.74) is 0. The molecule has 0 aromatic carbocycles. The molecule has 15 heteroatoms. The lowest BCUT2D eigenvalue weighted by molar-refractivity contribution is -0.382. The molecule has 0 bridgehead atoms. The van der Waals surface area contributed by atoms with E-state index in [4.69, 9.17) is 23.7 Å². The van der Waals surface area contributed by atoms with Crippen molar-refractivity contribution >= 4 is 0 Å². The Bertz CT molecular complexity index is 624. The van der Waals surface area contributed by atoms with Gasteiger partial charge in [0.25, 0.3) is 0 Å². The first-order chi connectivity index (χ1) is 15.5. The zero-order valence-electron chi connectivity index (χ0n) is 17.6. The van der Waals surface area contributed by atoms with E-state index < -0.39 is 105 Å². The lowest BCUT2D eigenvalue weighted by Gasteiger charge is -2.48. The maximum absolute atomic E-state index is 10.5. The highest BCUT2D eigenvalue weighted by Crippen LogP contribution is 2.32. The van der Waals surface area contributed by atoms with E-state index in [1.54, 1.807) is 0 Å². The van der Waals surface area contributed by atoms with Gasteiger partial charge in [0.05, 0.1) is 19.3 Å². The number of hydrogen-bond acceptors (Lipinski definition) is 15. The van der Waals surface area contributed by atoms with Crippen LogP contribution in [-0.2, 0) is 23.7 Å². The van der Waals surface area contributed by atoms with Gasteiger partial charge < -0.3 is 74.7 Å². The molecule has 3 rings (SSSR count). The third-order valence-corrected chi connectivity index (χ3v) is 6.05. The van der Waals surface area contributed by atoms with Crippen LogP contribution in [0.25, 0.3) is 0 Å². The van der Waals surface area contributed by atoms with Crippen molar-refractivity contribution in [3.63, 3.8) is 0 Å². The molecule has 0 aromatic rings. The zero-order valence-corrected chi connectivity index (χ0v) is 17.6. The van der Waals surface area contributed by atoms with Crippen molar-refractivity contribution in [3.05, 3.63) is 0 Å². The Morgan fingerprint density at radius 1 is 0.545 bits per heavy atom. The summed E-state index contributed by atoms with van der Waals surface area (Å²) in [7, 11) is 0. The van der Waals surface area contributed by atoms with Crippen LogP contribution in [0.5, 0.6) is 0 Å². The van der Waals surface area contributed by atoms with Gasteiger partial charge in [0.15, 0.2) is 18.9 Å². The first kappa shape index (κ1) is 27.0. The SMILES string of the molecule is C[C@@H]1O[C@@H](O[C@@H]2[C@@H](O)[C@H](O)O[C@H](CO)[C@H]2O[C@@H]2O[C@H](CO)[C@H](O)[C@H](O)[C@H]2O)[C@H](O)[C@H](O)[C@H]1O. The molecule has 3 heterocycles. The van der Waals surface area contributed by atoms with E-state index in [0.29, 0.717) is 0 Å².